The summed E-state index contributed by atoms with van der Waals surface area (Å²) in [7, 11) is 1.66. The average Bonchev–Trinajstić information content (AvgIpc) is 3.58. The molecule has 0 aliphatic carbocycles. The van der Waals surface area contributed by atoms with Gasteiger partial charge >= 0.3 is 6.03 Å². The molecule has 2 heterocycles. The van der Waals surface area contributed by atoms with Gasteiger partial charge in [0.2, 0.25) is 18.6 Å². The third-order valence-corrected chi connectivity index (χ3v) is 8.92. The molecule has 14 nitrogen and oxygen atoms in total. The summed E-state index contributed by atoms with van der Waals surface area (Å²) in [6.45, 7) is 4.06. The van der Waals surface area contributed by atoms with Crippen LogP contribution < -0.4 is 35.9 Å². The van der Waals surface area contributed by atoms with Gasteiger partial charge in [-0.2, -0.15) is 0 Å². The van der Waals surface area contributed by atoms with Crippen LogP contribution in [0.2, 0.25) is 0 Å². The SMILES string of the molecule is C[C@@H]1CN([C@H](C)CO)C(=O)c2cc(NC(=O)CCCCCC(=O)Nc3ccccc3N)ccc2O[C@@H]1CN(C)C(=O)Nc1ccc2c(c1)OCO2. The number of hydrogen-bond acceptors (Lipinski definition) is 9. The lowest BCUT2D eigenvalue weighted by atomic mass is 9.99. The Kier molecular flexibility index (Phi) is 12.2. The Labute approximate surface area is 297 Å². The molecule has 0 spiro atoms. The lowest BCUT2D eigenvalue weighted by Crippen LogP contribution is -2.50. The molecule has 0 fully saturated rings. The van der Waals surface area contributed by atoms with Crippen molar-refractivity contribution in [1.82, 2.24) is 9.80 Å². The van der Waals surface area contributed by atoms with Gasteiger partial charge in [0.25, 0.3) is 5.91 Å². The number of rotatable bonds is 13. The number of nitrogens with two attached hydrogens (primary N) is 1. The standard InChI is InChI=1S/C37H46N6O8/c1-23-19-43(24(2)21-44)36(47)27-17-25(39-34(45)11-5-4-6-12-35(46)41-29-10-8-7-9-28(29)38)13-15-30(27)51-33(23)20-42(3)37(48)40-26-14-16-31-32(18-26)50-22-49-31/h7-10,13-18,23-24,33,44H,4-6,11-12,19-22,38H2,1-3H3,(H,39,45)(H,40,48)(H,41,46)/t23-,24-,33-/m1/s1. The fourth-order valence-electron chi connectivity index (χ4n) is 5.86. The molecule has 0 aromatic heterocycles. The van der Waals surface area contributed by atoms with E-state index in [9.17, 15) is 24.3 Å². The van der Waals surface area contributed by atoms with Crippen molar-refractivity contribution >= 4 is 46.5 Å². The molecule has 0 saturated heterocycles. The van der Waals surface area contributed by atoms with Crippen LogP contribution in [0.3, 0.4) is 0 Å². The van der Waals surface area contributed by atoms with Gasteiger partial charge in [-0.05, 0) is 62.2 Å². The smallest absolute Gasteiger partial charge is 0.321 e. The number of carbonyl (C=O) groups excluding carboxylic acids is 4. The predicted molar refractivity (Wildman–Crippen MR) is 193 cm³/mol. The minimum atomic E-state index is -0.509. The van der Waals surface area contributed by atoms with Crippen molar-refractivity contribution in [2.24, 2.45) is 5.92 Å². The zero-order chi connectivity index (χ0) is 36.5. The molecule has 5 rings (SSSR count). The van der Waals surface area contributed by atoms with E-state index in [0.29, 0.717) is 65.7 Å². The van der Waals surface area contributed by atoms with E-state index >= 15 is 0 Å². The van der Waals surface area contributed by atoms with Gasteiger partial charge in [0.15, 0.2) is 11.5 Å². The molecule has 2 aliphatic rings. The minimum absolute atomic E-state index is 0.128. The van der Waals surface area contributed by atoms with E-state index in [1.807, 2.05) is 6.92 Å². The number of ether oxygens (including phenoxy) is 3. The average molecular weight is 703 g/mol. The van der Waals surface area contributed by atoms with Crippen LogP contribution in [0.5, 0.6) is 17.2 Å². The number of aliphatic hydroxyl groups is 1. The Morgan fingerprint density at radius 3 is 2.31 bits per heavy atom. The van der Waals surface area contributed by atoms with Gasteiger partial charge < -0.3 is 50.8 Å². The molecule has 2 aliphatic heterocycles. The molecule has 51 heavy (non-hydrogen) atoms. The molecular weight excluding hydrogens is 656 g/mol. The number of nitrogens with one attached hydrogen (secondary N) is 3. The summed E-state index contributed by atoms with van der Waals surface area (Å²) < 4.78 is 17.2. The summed E-state index contributed by atoms with van der Waals surface area (Å²) in [4.78, 5) is 55.2. The Morgan fingerprint density at radius 1 is 0.922 bits per heavy atom. The summed E-state index contributed by atoms with van der Waals surface area (Å²) in [6.07, 6.45) is 1.92. The van der Waals surface area contributed by atoms with E-state index in [0.717, 1.165) is 0 Å². The second kappa shape index (κ2) is 16.9. The molecular formula is C37H46N6O8. The molecule has 3 aromatic rings. The van der Waals surface area contributed by atoms with Gasteiger partial charge in [0.1, 0.15) is 11.9 Å². The molecule has 3 aromatic carbocycles. The normalized spacial score (nSPS) is 16.9. The number of benzene rings is 3. The van der Waals surface area contributed by atoms with Crippen LogP contribution in [0.1, 0.15) is 56.3 Å². The Balaban J connectivity index is 1.18. The highest BCUT2D eigenvalue weighted by Crippen LogP contribution is 2.35. The lowest BCUT2D eigenvalue weighted by molar-refractivity contribution is -0.116. The highest BCUT2D eigenvalue weighted by atomic mass is 16.7. The number of para-hydroxylation sites is 2. The first-order valence-electron chi connectivity index (χ1n) is 17.1. The molecule has 14 heteroatoms. The Hall–Kier alpha value is -5.50. The van der Waals surface area contributed by atoms with E-state index < -0.39 is 12.1 Å². The van der Waals surface area contributed by atoms with E-state index in [-0.39, 0.29) is 68.1 Å². The van der Waals surface area contributed by atoms with Crippen molar-refractivity contribution in [2.75, 3.05) is 55.2 Å². The maximum atomic E-state index is 13.8. The number of urea groups is 1. The maximum Gasteiger partial charge on any atom is 0.321 e. The summed E-state index contributed by atoms with van der Waals surface area (Å²) >= 11 is 0. The summed E-state index contributed by atoms with van der Waals surface area (Å²) in [6, 6.07) is 16.3. The predicted octanol–water partition coefficient (Wildman–Crippen LogP) is 4.91. The van der Waals surface area contributed by atoms with Gasteiger partial charge in [0.05, 0.1) is 36.1 Å². The molecule has 5 amide bonds. The molecule has 0 radical (unpaired) electrons. The van der Waals surface area contributed by atoms with Gasteiger partial charge in [-0.1, -0.05) is 25.5 Å². The molecule has 272 valence electrons. The number of unbranched alkanes of at least 4 members (excludes halogenated alkanes) is 2. The summed E-state index contributed by atoms with van der Waals surface area (Å²) in [5, 5.41) is 18.5. The Morgan fingerprint density at radius 2 is 1.59 bits per heavy atom. The van der Waals surface area contributed by atoms with Gasteiger partial charge in [-0.3, -0.25) is 14.4 Å². The first-order valence-corrected chi connectivity index (χ1v) is 17.1. The van der Waals surface area contributed by atoms with Crippen LogP contribution in [0.4, 0.5) is 27.5 Å². The van der Waals surface area contributed by atoms with Crippen LogP contribution in [0.15, 0.2) is 60.7 Å². The number of hydrogen-bond donors (Lipinski definition) is 5. The molecule has 0 unspecified atom stereocenters. The highest BCUT2D eigenvalue weighted by Gasteiger charge is 2.34. The molecule has 3 atom stereocenters. The number of amides is 5. The van der Waals surface area contributed by atoms with Crippen molar-refractivity contribution < 1.29 is 38.5 Å². The van der Waals surface area contributed by atoms with Gasteiger partial charge in [-0.25, -0.2) is 4.79 Å². The fourth-order valence-corrected chi connectivity index (χ4v) is 5.86. The molecule has 0 saturated carbocycles. The second-order valence-electron chi connectivity index (χ2n) is 13.0. The number of likely N-dealkylation sites (N-methyl/N-ethyl adjacent to an activating group) is 1. The number of aliphatic hydroxyl groups excluding tert-OH is 1. The van der Waals surface area contributed by atoms with Crippen LogP contribution in [0.25, 0.3) is 0 Å². The number of nitrogens with zero attached hydrogens (tertiary/aromatic N) is 2. The van der Waals surface area contributed by atoms with Crippen molar-refractivity contribution in [3.8, 4) is 17.2 Å². The van der Waals surface area contributed by atoms with Crippen LogP contribution in [-0.4, -0.2) is 84.3 Å². The number of carbonyl (C=O) groups is 4. The van der Waals surface area contributed by atoms with Crippen LogP contribution in [0, 0.1) is 5.92 Å². The zero-order valence-corrected chi connectivity index (χ0v) is 29.1. The third-order valence-electron chi connectivity index (χ3n) is 8.92. The minimum Gasteiger partial charge on any atom is -0.487 e. The molecule has 6 N–H and O–H groups in total. The Bertz CT molecular complexity index is 1730. The number of fused-ring (bicyclic) bond motifs is 2. The second-order valence-corrected chi connectivity index (χ2v) is 13.0. The van der Waals surface area contributed by atoms with Gasteiger partial charge in [0, 0.05) is 49.8 Å². The van der Waals surface area contributed by atoms with E-state index in [4.69, 9.17) is 19.9 Å². The fraction of sp³-hybridized carbons (Fsp3) is 0.405. The lowest BCUT2D eigenvalue weighted by Gasteiger charge is -2.38. The van der Waals surface area contributed by atoms with E-state index in [1.54, 1.807) is 79.5 Å². The summed E-state index contributed by atoms with van der Waals surface area (Å²) in [5.41, 5.74) is 8.18. The quantitative estimate of drug-likeness (QED) is 0.122. The largest absolute Gasteiger partial charge is 0.487 e. The molecule has 0 bridgehead atoms. The van der Waals surface area contributed by atoms with Crippen LogP contribution in [-0.2, 0) is 9.59 Å². The van der Waals surface area contributed by atoms with Crippen molar-refractivity contribution in [1.29, 1.82) is 0 Å². The first-order chi connectivity index (χ1) is 24.5. The first kappa shape index (κ1) is 36.8. The number of anilines is 4. The topological polar surface area (TPSA) is 185 Å². The van der Waals surface area contributed by atoms with Gasteiger partial charge in [-0.15, -0.1) is 0 Å². The van der Waals surface area contributed by atoms with Crippen molar-refractivity contribution in [2.45, 2.75) is 58.1 Å². The highest BCUT2D eigenvalue weighted by molar-refractivity contribution is 6.00. The third kappa shape index (κ3) is 9.60. The maximum absolute atomic E-state index is 13.8. The van der Waals surface area contributed by atoms with Crippen molar-refractivity contribution in [3.63, 3.8) is 0 Å². The monoisotopic (exact) mass is 702 g/mol. The van der Waals surface area contributed by atoms with Crippen LogP contribution >= 0.6 is 0 Å². The zero-order valence-electron chi connectivity index (χ0n) is 29.1. The number of nitrogen functional groups attached to an aromatic ring is 1. The van der Waals surface area contributed by atoms with Crippen molar-refractivity contribution in [3.05, 3.63) is 66.2 Å². The van der Waals surface area contributed by atoms with E-state index in [1.165, 1.54) is 4.90 Å². The van der Waals surface area contributed by atoms with E-state index in [2.05, 4.69) is 16.0 Å². The summed E-state index contributed by atoms with van der Waals surface area (Å²) in [5.74, 6) is 0.566.